The number of ether oxygens (including phenoxy) is 1. The second kappa shape index (κ2) is 8.16. The van der Waals surface area contributed by atoms with E-state index in [-0.39, 0.29) is 44.3 Å². The van der Waals surface area contributed by atoms with Crippen LogP contribution < -0.4 is 0 Å². The molecule has 1 aromatic heterocycles. The topological polar surface area (TPSA) is 55.3 Å². The van der Waals surface area contributed by atoms with Crippen molar-refractivity contribution in [1.29, 1.82) is 0 Å². The van der Waals surface area contributed by atoms with Crippen molar-refractivity contribution in [2.75, 3.05) is 6.54 Å². The Morgan fingerprint density at radius 2 is 1.97 bits per heavy atom. The van der Waals surface area contributed by atoms with E-state index in [9.17, 15) is 9.18 Å². The SMILES string of the molecule is C[C@@H]1CC(c2nc(Cl)nc3c(F)c(Br)c(Cl)cc23)[C@@H](C)CN1C(=O)OC(C)(C)C. The Morgan fingerprint density at radius 1 is 1.31 bits per heavy atom. The van der Waals surface area contributed by atoms with Gasteiger partial charge in [-0.3, -0.25) is 0 Å². The lowest BCUT2D eigenvalue weighted by atomic mass is 9.80. The number of hydrogen-bond acceptors (Lipinski definition) is 4. The maximum Gasteiger partial charge on any atom is 0.410 e. The first-order valence-corrected chi connectivity index (χ1v) is 10.9. The molecule has 0 aliphatic carbocycles. The van der Waals surface area contributed by atoms with Gasteiger partial charge in [-0.05, 0) is 73.6 Å². The van der Waals surface area contributed by atoms with Gasteiger partial charge in [0.15, 0.2) is 5.82 Å². The summed E-state index contributed by atoms with van der Waals surface area (Å²) in [6, 6.07) is 1.58. The summed E-state index contributed by atoms with van der Waals surface area (Å²) >= 11 is 15.5. The molecule has 1 aliphatic rings. The Labute approximate surface area is 188 Å². The van der Waals surface area contributed by atoms with Gasteiger partial charge in [-0.25, -0.2) is 19.2 Å². The molecule has 5 nitrogen and oxygen atoms in total. The summed E-state index contributed by atoms with van der Waals surface area (Å²) in [5.41, 5.74) is 0.219. The summed E-state index contributed by atoms with van der Waals surface area (Å²) in [7, 11) is 0. The van der Waals surface area contributed by atoms with Gasteiger partial charge in [0.05, 0.1) is 15.2 Å². The fraction of sp³-hybridized carbons (Fsp3) is 0.550. The number of hydrogen-bond donors (Lipinski definition) is 0. The number of carbonyl (C=O) groups excluding carboxylic acids is 1. The van der Waals surface area contributed by atoms with Crippen molar-refractivity contribution in [1.82, 2.24) is 14.9 Å². The van der Waals surface area contributed by atoms with E-state index in [1.807, 2.05) is 34.6 Å². The van der Waals surface area contributed by atoms with Crippen LogP contribution in [0, 0.1) is 11.7 Å². The first-order chi connectivity index (χ1) is 13.4. The van der Waals surface area contributed by atoms with Gasteiger partial charge in [-0.2, -0.15) is 0 Å². The normalized spacial score (nSPS) is 22.8. The first-order valence-electron chi connectivity index (χ1n) is 9.39. The van der Waals surface area contributed by atoms with Crippen molar-refractivity contribution in [2.24, 2.45) is 5.92 Å². The molecule has 0 radical (unpaired) electrons. The quantitative estimate of drug-likeness (QED) is 0.323. The Balaban J connectivity index is 1.98. The molecule has 0 bridgehead atoms. The predicted octanol–water partition coefficient (Wildman–Crippen LogP) is 6.59. The molecule has 0 N–H and O–H groups in total. The van der Waals surface area contributed by atoms with E-state index in [1.165, 1.54) is 0 Å². The number of nitrogens with zero attached hydrogens (tertiary/aromatic N) is 3. The number of carbonyl (C=O) groups is 1. The zero-order valence-electron chi connectivity index (χ0n) is 16.9. The van der Waals surface area contributed by atoms with E-state index in [1.54, 1.807) is 11.0 Å². The second-order valence-corrected chi connectivity index (χ2v) is 10.1. The number of amides is 1. The molecular formula is C20H23BrCl2FN3O2. The molecule has 0 spiro atoms. The molecule has 0 saturated carbocycles. The number of halogens is 4. The molecular weight excluding hydrogens is 484 g/mol. The largest absolute Gasteiger partial charge is 0.444 e. The number of piperidine rings is 1. The monoisotopic (exact) mass is 505 g/mol. The van der Waals surface area contributed by atoms with Gasteiger partial charge in [0.2, 0.25) is 5.28 Å². The lowest BCUT2D eigenvalue weighted by Gasteiger charge is -2.42. The zero-order valence-corrected chi connectivity index (χ0v) is 20.0. The summed E-state index contributed by atoms with van der Waals surface area (Å²) in [6.07, 6.45) is 0.303. The number of likely N-dealkylation sites (tertiary alicyclic amines) is 1. The third-order valence-electron chi connectivity index (χ3n) is 5.11. The molecule has 3 atom stereocenters. The van der Waals surface area contributed by atoms with Crippen molar-refractivity contribution in [3.63, 3.8) is 0 Å². The highest BCUT2D eigenvalue weighted by Crippen LogP contribution is 2.41. The molecule has 1 aliphatic heterocycles. The van der Waals surface area contributed by atoms with Crippen molar-refractivity contribution in [2.45, 2.75) is 58.6 Å². The molecule has 3 rings (SSSR count). The van der Waals surface area contributed by atoms with Crippen LogP contribution in [0.4, 0.5) is 9.18 Å². The van der Waals surface area contributed by atoms with Crippen LogP contribution in [-0.4, -0.2) is 39.1 Å². The fourth-order valence-corrected chi connectivity index (χ4v) is 4.42. The van der Waals surface area contributed by atoms with E-state index >= 15 is 0 Å². The zero-order chi connectivity index (χ0) is 21.7. The van der Waals surface area contributed by atoms with Gasteiger partial charge in [0.25, 0.3) is 0 Å². The molecule has 1 amide bonds. The van der Waals surface area contributed by atoms with Crippen LogP contribution in [0.25, 0.3) is 10.9 Å². The van der Waals surface area contributed by atoms with Crippen LogP contribution in [0.5, 0.6) is 0 Å². The second-order valence-electron chi connectivity index (χ2n) is 8.56. The molecule has 1 aromatic carbocycles. The van der Waals surface area contributed by atoms with Crippen LogP contribution in [0.3, 0.4) is 0 Å². The average Bonchev–Trinajstić information content (AvgIpc) is 2.60. The van der Waals surface area contributed by atoms with Crippen molar-refractivity contribution >= 4 is 56.1 Å². The Morgan fingerprint density at radius 3 is 2.59 bits per heavy atom. The van der Waals surface area contributed by atoms with Crippen molar-refractivity contribution < 1.29 is 13.9 Å². The molecule has 9 heteroatoms. The maximum atomic E-state index is 14.7. The third-order valence-corrected chi connectivity index (χ3v) is 6.58. The Hall–Kier alpha value is -1.18. The summed E-state index contributed by atoms with van der Waals surface area (Å²) in [5, 5.41) is 0.763. The van der Waals surface area contributed by atoms with E-state index in [2.05, 4.69) is 25.9 Å². The Kier molecular flexibility index (Phi) is 6.33. The van der Waals surface area contributed by atoms with E-state index in [0.717, 1.165) is 0 Å². The first kappa shape index (κ1) is 22.5. The summed E-state index contributed by atoms with van der Waals surface area (Å²) in [4.78, 5) is 22.8. The van der Waals surface area contributed by atoms with Gasteiger partial charge < -0.3 is 9.64 Å². The van der Waals surface area contributed by atoms with Crippen molar-refractivity contribution in [3.8, 4) is 0 Å². The predicted molar refractivity (Wildman–Crippen MR) is 116 cm³/mol. The highest BCUT2D eigenvalue weighted by molar-refractivity contribution is 9.10. The van der Waals surface area contributed by atoms with Gasteiger partial charge in [0, 0.05) is 23.9 Å². The maximum absolute atomic E-state index is 14.7. The highest BCUT2D eigenvalue weighted by Gasteiger charge is 2.38. The average molecular weight is 507 g/mol. The fourth-order valence-electron chi connectivity index (χ4n) is 3.75. The van der Waals surface area contributed by atoms with Crippen LogP contribution in [0.2, 0.25) is 10.3 Å². The van der Waals surface area contributed by atoms with E-state index in [4.69, 9.17) is 27.9 Å². The highest BCUT2D eigenvalue weighted by atomic mass is 79.9. The number of fused-ring (bicyclic) bond motifs is 1. The third kappa shape index (κ3) is 4.62. The Bertz CT molecular complexity index is 967. The smallest absolute Gasteiger partial charge is 0.410 e. The van der Waals surface area contributed by atoms with Gasteiger partial charge >= 0.3 is 6.09 Å². The minimum absolute atomic E-state index is 0.0185. The number of aromatic nitrogens is 2. The van der Waals surface area contributed by atoms with Crippen LogP contribution in [0.1, 0.15) is 52.7 Å². The van der Waals surface area contributed by atoms with Gasteiger partial charge in [0.1, 0.15) is 11.1 Å². The molecule has 158 valence electrons. The number of rotatable bonds is 1. The molecule has 2 heterocycles. The van der Waals surface area contributed by atoms with Crippen molar-refractivity contribution in [3.05, 3.63) is 32.4 Å². The van der Waals surface area contributed by atoms with Crippen LogP contribution in [0.15, 0.2) is 10.5 Å². The molecule has 1 saturated heterocycles. The standard InChI is InChI=1S/C20H23BrCl2FN3O2/c1-9-8-27(19(28)29-20(3,4)5)10(2)6-11(9)16-12-7-13(22)14(21)15(24)17(12)26-18(23)25-16/h7,9-11H,6,8H2,1-5H3/t9-,10+,11?/m0/s1. The van der Waals surface area contributed by atoms with Gasteiger partial charge in [-0.1, -0.05) is 18.5 Å². The lowest BCUT2D eigenvalue weighted by Crippen LogP contribution is -2.49. The summed E-state index contributed by atoms with van der Waals surface area (Å²) < 4.78 is 20.4. The van der Waals surface area contributed by atoms with E-state index in [0.29, 0.717) is 24.0 Å². The van der Waals surface area contributed by atoms with Crippen LogP contribution in [-0.2, 0) is 4.74 Å². The molecule has 1 unspecified atom stereocenters. The molecule has 1 fully saturated rings. The minimum atomic E-state index is -0.565. The molecule has 2 aromatic rings. The van der Waals surface area contributed by atoms with Crippen LogP contribution >= 0.6 is 39.1 Å². The van der Waals surface area contributed by atoms with Gasteiger partial charge in [-0.15, -0.1) is 0 Å². The van der Waals surface area contributed by atoms with E-state index < -0.39 is 11.4 Å². The molecule has 29 heavy (non-hydrogen) atoms. The summed E-state index contributed by atoms with van der Waals surface area (Å²) in [5.74, 6) is -0.549. The lowest BCUT2D eigenvalue weighted by molar-refractivity contribution is 0.00353. The number of benzene rings is 1. The minimum Gasteiger partial charge on any atom is -0.444 e. The summed E-state index contributed by atoms with van der Waals surface area (Å²) in [6.45, 7) is 10.0.